The number of esters is 2. The van der Waals surface area contributed by atoms with Crippen molar-refractivity contribution in [3.05, 3.63) is 59.2 Å². The number of hydrogen-bond donors (Lipinski definition) is 4. The number of aliphatic hydroxyl groups excluding tert-OH is 3. The van der Waals surface area contributed by atoms with Crippen molar-refractivity contribution in [2.45, 2.75) is 205 Å². The van der Waals surface area contributed by atoms with Gasteiger partial charge in [-0.15, -0.1) is 0 Å². The Kier molecular flexibility index (Phi) is 23.5. The van der Waals surface area contributed by atoms with Crippen LogP contribution in [0, 0.1) is 23.7 Å². The molecule has 0 spiro atoms. The lowest BCUT2D eigenvalue weighted by atomic mass is 9.79. The van der Waals surface area contributed by atoms with Gasteiger partial charge >= 0.3 is 11.9 Å². The second-order valence-corrected chi connectivity index (χ2v) is 21.6. The van der Waals surface area contributed by atoms with Gasteiger partial charge in [0.2, 0.25) is 0 Å². The van der Waals surface area contributed by atoms with Gasteiger partial charge in [-0.05, 0) is 86.0 Å². The summed E-state index contributed by atoms with van der Waals surface area (Å²) in [5.74, 6) is -4.46. The molecule has 0 bridgehead atoms. The molecule has 0 amide bonds. The van der Waals surface area contributed by atoms with Gasteiger partial charge in [-0.1, -0.05) is 62.8 Å². The molecule has 4 N–H and O–H groups in total. The van der Waals surface area contributed by atoms with E-state index in [4.69, 9.17) is 47.4 Å². The SMILES string of the molecule is CC[C@H]1OC(=O)C[C@@H](O)[C@H](C)[C@@H](O[C@@H]2O[C@H](C)[C@@H](O[C@H]3C[C@@](C)(O)[C@@H](OC(=O)Cc4ccc(C(C)=O)cc4)[C@H](C)O3)[C@H](N(C)C)[C@H]2O)[C@@H](CC=O)C[C@@H](C)C(=O)/C=C/C(C)=C/[C@H]1CO[C@@H]1O[C@H](C)[C@@H](O)[C@@H](OC)[C@H]1OC. The number of allylic oxidation sites excluding steroid dienone is 3. The molecule has 3 fully saturated rings. The second kappa shape index (κ2) is 28.3. The van der Waals surface area contributed by atoms with Crippen LogP contribution in [-0.2, 0) is 73.0 Å². The van der Waals surface area contributed by atoms with Gasteiger partial charge in [-0.25, -0.2) is 0 Å². The average Bonchev–Trinajstić information content (AvgIpc) is 3.35. The molecule has 5 rings (SSSR count). The van der Waals surface area contributed by atoms with Crippen molar-refractivity contribution in [2.24, 2.45) is 23.7 Å². The van der Waals surface area contributed by atoms with Gasteiger partial charge in [0, 0.05) is 50.4 Å². The number of ketones is 2. The first-order chi connectivity index (χ1) is 35.8. The summed E-state index contributed by atoms with van der Waals surface area (Å²) in [6, 6.07) is 5.79. The number of hydrogen-bond acceptors (Lipinski definition) is 20. The van der Waals surface area contributed by atoms with Gasteiger partial charge in [0.05, 0.1) is 56.0 Å². The number of carbonyl (C=O) groups excluding carboxylic acids is 5. The Morgan fingerprint density at radius 3 is 2.11 bits per heavy atom. The molecule has 76 heavy (non-hydrogen) atoms. The van der Waals surface area contributed by atoms with Gasteiger partial charge in [-0.2, -0.15) is 0 Å². The van der Waals surface area contributed by atoms with Gasteiger partial charge in [0.15, 0.2) is 36.5 Å². The first-order valence-electron chi connectivity index (χ1n) is 26.5. The van der Waals surface area contributed by atoms with Crippen LogP contribution >= 0.6 is 0 Å². The van der Waals surface area contributed by atoms with Gasteiger partial charge in [0.25, 0.3) is 0 Å². The largest absolute Gasteiger partial charge is 0.462 e. The van der Waals surface area contributed by atoms with Crippen LogP contribution in [0.5, 0.6) is 0 Å². The molecule has 3 saturated heterocycles. The van der Waals surface area contributed by atoms with Crippen molar-refractivity contribution in [3.8, 4) is 0 Å². The highest BCUT2D eigenvalue weighted by atomic mass is 16.7. The van der Waals surface area contributed by atoms with Crippen molar-refractivity contribution in [2.75, 3.05) is 34.9 Å². The third-order valence-corrected chi connectivity index (χ3v) is 15.3. The molecular weight excluding hydrogens is 991 g/mol. The standard InChI is InChI=1S/C56H85NO19/c1-14-42-39(28-69-55-52(68-13)51(67-12)47(64)33(6)71-55)23-29(2)15-20-40(60)30(3)24-38(21-22-58)49(31(4)41(61)26-44(63)73-42)76-54-48(65)46(57(10)11)50(34(7)72-54)75-45-27-56(9,66)53(35(8)70-45)74-43(62)25-36-16-18-37(19-17-36)32(5)59/h15-20,22-23,30-31,33-35,38-39,41-42,45-55,61,64-66H,14,21,24-28H2,1-13H3/b20-15+,29-23+/t30-,31+,33-,34-,35+,38+,39+,41-,42-,45+,46-,47-,48-,49-,50-,51-,52-,53+,54+,55-,56-/m1/s1. The minimum Gasteiger partial charge on any atom is -0.462 e. The molecule has 0 radical (unpaired) electrons. The van der Waals surface area contributed by atoms with Crippen molar-refractivity contribution in [1.29, 1.82) is 0 Å². The molecule has 20 heteroatoms. The fourth-order valence-electron chi connectivity index (χ4n) is 10.9. The lowest BCUT2D eigenvalue weighted by Gasteiger charge is -2.50. The third-order valence-electron chi connectivity index (χ3n) is 15.3. The van der Waals surface area contributed by atoms with E-state index in [1.54, 1.807) is 90.9 Å². The van der Waals surface area contributed by atoms with Gasteiger partial charge in [0.1, 0.15) is 48.5 Å². The molecule has 1 aromatic carbocycles. The van der Waals surface area contributed by atoms with Crippen LogP contribution in [0.25, 0.3) is 0 Å². The smallest absolute Gasteiger partial charge is 0.310 e. The van der Waals surface area contributed by atoms with E-state index in [0.717, 1.165) is 0 Å². The van der Waals surface area contributed by atoms with Crippen LogP contribution in [0.3, 0.4) is 0 Å². The minimum atomic E-state index is -1.61. The number of aldehydes is 1. The van der Waals surface area contributed by atoms with Crippen molar-refractivity contribution >= 4 is 29.8 Å². The van der Waals surface area contributed by atoms with Crippen molar-refractivity contribution in [3.63, 3.8) is 0 Å². The highest BCUT2D eigenvalue weighted by Gasteiger charge is 2.53. The van der Waals surface area contributed by atoms with E-state index in [1.165, 1.54) is 34.1 Å². The highest BCUT2D eigenvalue weighted by molar-refractivity contribution is 5.94. The monoisotopic (exact) mass is 1080 g/mol. The van der Waals surface area contributed by atoms with Crippen molar-refractivity contribution < 1.29 is 91.8 Å². The highest BCUT2D eigenvalue weighted by Crippen LogP contribution is 2.38. The fourth-order valence-corrected chi connectivity index (χ4v) is 10.9. The van der Waals surface area contributed by atoms with Crippen LogP contribution in [0.1, 0.15) is 110 Å². The molecule has 4 heterocycles. The van der Waals surface area contributed by atoms with Crippen LogP contribution in [0.4, 0.5) is 0 Å². The summed E-state index contributed by atoms with van der Waals surface area (Å²) in [6.07, 6.45) is -9.38. The molecule has 4 aliphatic rings. The molecule has 20 nitrogen and oxygen atoms in total. The van der Waals surface area contributed by atoms with Gasteiger partial charge < -0.3 is 77.5 Å². The zero-order valence-electron chi connectivity index (χ0n) is 46.5. The molecule has 0 aromatic heterocycles. The average molecular weight is 1080 g/mol. The molecular formula is C56H85NO19. The molecule has 0 aliphatic carbocycles. The maximum atomic E-state index is 13.9. The van der Waals surface area contributed by atoms with E-state index in [-0.39, 0.29) is 43.9 Å². The van der Waals surface area contributed by atoms with Crippen LogP contribution < -0.4 is 0 Å². The fraction of sp³-hybridized carbons (Fsp3) is 0.732. The molecule has 21 atom stereocenters. The van der Waals surface area contributed by atoms with E-state index >= 15 is 0 Å². The predicted octanol–water partition coefficient (Wildman–Crippen LogP) is 3.83. The maximum absolute atomic E-state index is 13.9. The molecule has 0 saturated carbocycles. The van der Waals surface area contributed by atoms with Crippen LogP contribution in [0.15, 0.2) is 48.1 Å². The number of aliphatic hydroxyl groups is 4. The Balaban J connectivity index is 1.33. The summed E-state index contributed by atoms with van der Waals surface area (Å²) in [5.41, 5.74) is 0.203. The normalized spacial score (nSPS) is 40.4. The lowest BCUT2D eigenvalue weighted by molar-refractivity contribution is -0.342. The Labute approximate surface area is 447 Å². The summed E-state index contributed by atoms with van der Waals surface area (Å²) < 4.78 is 61.2. The second-order valence-electron chi connectivity index (χ2n) is 21.6. The number of Topliss-reactive ketones (excluding diaryl/α,β-unsaturated/α-hetero) is 1. The van der Waals surface area contributed by atoms with E-state index in [1.807, 2.05) is 13.0 Å². The Bertz CT molecular complexity index is 2130. The maximum Gasteiger partial charge on any atom is 0.310 e. The number of rotatable bonds is 17. The number of cyclic esters (lactones) is 1. The Morgan fingerprint density at radius 1 is 0.855 bits per heavy atom. The van der Waals surface area contributed by atoms with E-state index in [2.05, 4.69) is 0 Å². The number of ether oxygens (including phenoxy) is 10. The first-order valence-corrected chi connectivity index (χ1v) is 26.5. The molecule has 428 valence electrons. The number of methoxy groups -OCH3 is 2. The first kappa shape index (κ1) is 63.0. The quantitative estimate of drug-likeness (QED) is 0.0982. The molecule has 4 aliphatic heterocycles. The number of benzene rings is 1. The minimum absolute atomic E-state index is 0.0251. The van der Waals surface area contributed by atoms with Crippen LogP contribution in [0.2, 0.25) is 0 Å². The Hall–Kier alpha value is -3.87. The molecule has 0 unspecified atom stereocenters. The molecule has 1 aromatic rings. The predicted molar refractivity (Wildman–Crippen MR) is 274 cm³/mol. The zero-order valence-corrected chi connectivity index (χ0v) is 46.5. The number of nitrogens with zero attached hydrogens (tertiary/aromatic N) is 1. The van der Waals surface area contributed by atoms with Gasteiger partial charge in [-0.3, -0.25) is 19.2 Å². The van der Waals surface area contributed by atoms with Crippen molar-refractivity contribution in [1.82, 2.24) is 4.90 Å². The Morgan fingerprint density at radius 2 is 1.51 bits per heavy atom. The van der Waals surface area contributed by atoms with E-state index in [0.29, 0.717) is 29.4 Å². The summed E-state index contributed by atoms with van der Waals surface area (Å²) >= 11 is 0. The third kappa shape index (κ3) is 16.1. The van der Waals surface area contributed by atoms with Crippen LogP contribution in [-0.4, -0.2) is 194 Å². The number of likely N-dealkylation sites (N-methyl/N-ethyl adjacent to an activating group) is 1. The summed E-state index contributed by atoms with van der Waals surface area (Å²) in [7, 11) is 6.39. The summed E-state index contributed by atoms with van der Waals surface area (Å²) in [6.45, 7) is 15.1. The zero-order chi connectivity index (χ0) is 56.3. The van der Waals surface area contributed by atoms with E-state index < -0.39 is 146 Å². The topological polar surface area (TPSA) is 262 Å². The lowest BCUT2D eigenvalue weighted by Crippen LogP contribution is -2.65. The summed E-state index contributed by atoms with van der Waals surface area (Å²) in [5, 5.41) is 46.5. The number of carbonyl (C=O) groups is 5. The summed E-state index contributed by atoms with van der Waals surface area (Å²) in [4.78, 5) is 66.7. The van der Waals surface area contributed by atoms with E-state index in [9.17, 15) is 44.4 Å².